The monoisotopic (exact) mass is 538 g/mol. The zero-order valence-electron chi connectivity index (χ0n) is 21.8. The summed E-state index contributed by atoms with van der Waals surface area (Å²) in [6.45, 7) is 14.5. The van der Waals surface area contributed by atoms with Crippen molar-refractivity contribution >= 4 is 41.1 Å². The Kier molecular flexibility index (Phi) is 8.93. The highest BCUT2D eigenvalue weighted by Gasteiger charge is 2.21. The van der Waals surface area contributed by atoms with Crippen molar-refractivity contribution in [1.82, 2.24) is 24.6 Å². The number of anilines is 2. The molecule has 3 heterocycles. The number of halogens is 2. The van der Waals surface area contributed by atoms with Crippen molar-refractivity contribution in [2.75, 3.05) is 56.4 Å². The van der Waals surface area contributed by atoms with Crippen LogP contribution in [0.25, 0.3) is 11.1 Å². The van der Waals surface area contributed by atoms with E-state index in [1.54, 1.807) is 24.7 Å². The molecule has 11 heteroatoms. The van der Waals surface area contributed by atoms with E-state index in [4.69, 9.17) is 0 Å². The summed E-state index contributed by atoms with van der Waals surface area (Å²) in [5.74, 6) is -0.773. The molecule has 1 saturated heterocycles. The SMILES string of the molecule is C=C1/C=C(c2cnc(N3CCN(C)CC3)nc2)\C=N/N/C=C\1C(=C)c1c(F)ccc(NSN(C)CC)c1F. The summed E-state index contributed by atoms with van der Waals surface area (Å²) < 4.78 is 35.1. The van der Waals surface area contributed by atoms with Gasteiger partial charge in [-0.15, -0.1) is 0 Å². The summed E-state index contributed by atoms with van der Waals surface area (Å²) in [7, 11) is 3.96. The molecule has 4 rings (SSSR count). The molecular formula is C27H32F2N8S. The molecule has 8 nitrogen and oxygen atoms in total. The molecule has 2 aliphatic rings. The number of nitrogens with zero attached hydrogens (tertiary/aromatic N) is 6. The first-order valence-electron chi connectivity index (χ1n) is 12.3. The van der Waals surface area contributed by atoms with Gasteiger partial charge >= 0.3 is 0 Å². The molecule has 0 spiro atoms. The van der Waals surface area contributed by atoms with E-state index in [0.29, 0.717) is 22.7 Å². The van der Waals surface area contributed by atoms with Gasteiger partial charge in [0.1, 0.15) is 5.82 Å². The lowest BCUT2D eigenvalue weighted by molar-refractivity contribution is 0.311. The van der Waals surface area contributed by atoms with Gasteiger partial charge in [-0.3, -0.25) is 5.43 Å². The summed E-state index contributed by atoms with van der Waals surface area (Å²) in [5.41, 5.74) is 5.23. The minimum atomic E-state index is -0.733. The van der Waals surface area contributed by atoms with Gasteiger partial charge in [-0.05, 0) is 43.5 Å². The Hall–Kier alpha value is -3.54. The molecular weight excluding hydrogens is 506 g/mol. The van der Waals surface area contributed by atoms with Crippen molar-refractivity contribution < 1.29 is 8.78 Å². The highest BCUT2D eigenvalue weighted by molar-refractivity contribution is 7.98. The number of likely N-dealkylation sites (N-methyl/N-ethyl adjacent to an activating group) is 1. The van der Waals surface area contributed by atoms with Crippen LogP contribution in [0.5, 0.6) is 0 Å². The lowest BCUT2D eigenvalue weighted by Crippen LogP contribution is -2.45. The predicted octanol–water partition coefficient (Wildman–Crippen LogP) is 4.56. The van der Waals surface area contributed by atoms with Gasteiger partial charge in [-0.1, -0.05) is 20.1 Å². The van der Waals surface area contributed by atoms with Crippen LogP contribution in [0.1, 0.15) is 18.1 Å². The molecule has 38 heavy (non-hydrogen) atoms. The molecule has 2 N–H and O–H groups in total. The first-order valence-corrected chi connectivity index (χ1v) is 13.0. The summed E-state index contributed by atoms with van der Waals surface area (Å²) in [4.78, 5) is 13.5. The lowest BCUT2D eigenvalue weighted by Gasteiger charge is -2.32. The molecule has 0 unspecified atom stereocenters. The molecule has 0 radical (unpaired) electrons. The Morgan fingerprint density at radius 3 is 2.58 bits per heavy atom. The van der Waals surface area contributed by atoms with Gasteiger partial charge in [0.05, 0.1) is 17.5 Å². The minimum absolute atomic E-state index is 0.143. The van der Waals surface area contributed by atoms with E-state index < -0.39 is 11.6 Å². The molecule has 2 aromatic rings. The van der Waals surface area contributed by atoms with E-state index in [1.807, 2.05) is 18.3 Å². The molecule has 2 aliphatic heterocycles. The summed E-state index contributed by atoms with van der Waals surface area (Å²) in [5, 5.41) is 4.21. The summed E-state index contributed by atoms with van der Waals surface area (Å²) in [6, 6.07) is 2.59. The van der Waals surface area contributed by atoms with E-state index in [0.717, 1.165) is 38.3 Å². The molecule has 0 atom stereocenters. The first-order chi connectivity index (χ1) is 18.3. The zero-order valence-corrected chi connectivity index (χ0v) is 22.7. The van der Waals surface area contributed by atoms with Crippen LogP contribution >= 0.6 is 12.1 Å². The van der Waals surface area contributed by atoms with E-state index >= 15 is 4.39 Å². The van der Waals surface area contributed by atoms with Gasteiger partial charge in [0, 0.05) is 80.2 Å². The Balaban J connectivity index is 1.56. The van der Waals surface area contributed by atoms with Crippen molar-refractivity contribution in [1.29, 1.82) is 0 Å². The molecule has 0 bridgehead atoms. The number of piperazine rings is 1. The van der Waals surface area contributed by atoms with Crippen molar-refractivity contribution in [3.05, 3.63) is 83.9 Å². The Morgan fingerprint density at radius 2 is 1.89 bits per heavy atom. The van der Waals surface area contributed by atoms with Crippen LogP contribution < -0.4 is 15.0 Å². The van der Waals surface area contributed by atoms with Gasteiger partial charge in [-0.2, -0.15) is 5.10 Å². The second kappa shape index (κ2) is 12.3. The largest absolute Gasteiger partial charge is 0.338 e. The van der Waals surface area contributed by atoms with Crippen LogP contribution in [-0.4, -0.2) is 72.2 Å². The van der Waals surface area contributed by atoms with Gasteiger partial charge in [0.15, 0.2) is 5.82 Å². The molecule has 1 fully saturated rings. The molecule has 200 valence electrons. The third-order valence-electron chi connectivity index (χ3n) is 6.40. The first kappa shape index (κ1) is 27.5. The number of rotatable bonds is 8. The lowest BCUT2D eigenvalue weighted by atomic mass is 9.92. The Labute approximate surface area is 226 Å². The number of hydrogen-bond donors (Lipinski definition) is 2. The number of aromatic nitrogens is 2. The molecule has 1 aromatic carbocycles. The van der Waals surface area contributed by atoms with Crippen molar-refractivity contribution in [2.45, 2.75) is 6.92 Å². The standard InChI is InChI=1S/C27H32F2N8S/c1-6-36(5)38-34-24-8-7-23(28)25(26(24)29)19(3)22-17-33-32-16-20(13-18(22)2)21-14-30-27(31-15-21)37-11-9-35(4)10-12-37/h7-8,13-17,33-34H,2-3,6,9-12H2,1,4-5H3/b20-13+,22-17+,32-16-. The van der Waals surface area contributed by atoms with Crippen LogP contribution in [0.15, 0.2) is 66.2 Å². The van der Waals surface area contributed by atoms with Crippen molar-refractivity contribution in [2.24, 2.45) is 5.10 Å². The maximum absolute atomic E-state index is 15.4. The maximum atomic E-state index is 15.4. The summed E-state index contributed by atoms with van der Waals surface area (Å²) >= 11 is 1.22. The van der Waals surface area contributed by atoms with E-state index in [-0.39, 0.29) is 16.8 Å². The quantitative estimate of drug-likeness (QED) is 0.474. The normalized spacial score (nSPS) is 20.1. The number of hydrazone groups is 1. The third-order valence-corrected chi connectivity index (χ3v) is 7.28. The van der Waals surface area contributed by atoms with E-state index in [2.05, 4.69) is 55.2 Å². The molecule has 0 amide bonds. The predicted molar refractivity (Wildman–Crippen MR) is 153 cm³/mol. The number of allylic oxidation sites excluding steroid dienone is 5. The molecule has 1 aromatic heterocycles. The number of nitrogens with one attached hydrogen (secondary N) is 2. The van der Waals surface area contributed by atoms with E-state index in [9.17, 15) is 4.39 Å². The van der Waals surface area contributed by atoms with Crippen LogP contribution in [-0.2, 0) is 0 Å². The van der Waals surface area contributed by atoms with Gasteiger partial charge < -0.3 is 14.5 Å². The molecule has 0 aliphatic carbocycles. The van der Waals surface area contributed by atoms with E-state index in [1.165, 1.54) is 30.5 Å². The number of hydrogen-bond acceptors (Lipinski definition) is 9. The Bertz CT molecular complexity index is 1280. The zero-order chi connectivity index (χ0) is 27.2. The average molecular weight is 539 g/mol. The average Bonchev–Trinajstić information content (AvgIpc) is 2.90. The van der Waals surface area contributed by atoms with Gasteiger partial charge in [0.25, 0.3) is 0 Å². The van der Waals surface area contributed by atoms with Crippen molar-refractivity contribution in [3.8, 4) is 0 Å². The highest BCUT2D eigenvalue weighted by Crippen LogP contribution is 2.35. The van der Waals surface area contributed by atoms with Crippen LogP contribution in [0.3, 0.4) is 0 Å². The second-order valence-electron chi connectivity index (χ2n) is 9.03. The maximum Gasteiger partial charge on any atom is 0.225 e. The van der Waals surface area contributed by atoms with Crippen LogP contribution in [0.4, 0.5) is 20.4 Å². The minimum Gasteiger partial charge on any atom is -0.338 e. The number of benzene rings is 1. The van der Waals surface area contributed by atoms with Crippen LogP contribution in [0, 0.1) is 11.6 Å². The fraction of sp³-hybridized carbons (Fsp3) is 0.296. The summed E-state index contributed by atoms with van der Waals surface area (Å²) in [6.07, 6.45) is 8.41. The fourth-order valence-electron chi connectivity index (χ4n) is 3.92. The Morgan fingerprint density at radius 1 is 1.18 bits per heavy atom. The fourth-order valence-corrected chi connectivity index (χ4v) is 4.46. The second-order valence-corrected chi connectivity index (χ2v) is 10.0. The van der Waals surface area contributed by atoms with Gasteiger partial charge in [-0.25, -0.2) is 23.1 Å². The molecule has 0 saturated carbocycles. The highest BCUT2D eigenvalue weighted by atomic mass is 32.2. The van der Waals surface area contributed by atoms with Gasteiger partial charge in [0.2, 0.25) is 5.95 Å². The topological polar surface area (TPSA) is 71.9 Å². The third kappa shape index (κ3) is 6.29. The smallest absolute Gasteiger partial charge is 0.225 e. The van der Waals surface area contributed by atoms with Crippen molar-refractivity contribution in [3.63, 3.8) is 0 Å². The van der Waals surface area contributed by atoms with Crippen LogP contribution in [0.2, 0.25) is 0 Å².